The van der Waals surface area contributed by atoms with Crippen LogP contribution in [0.2, 0.25) is 5.02 Å². The second kappa shape index (κ2) is 15.4. The van der Waals surface area contributed by atoms with Crippen LogP contribution in [0.15, 0.2) is 47.5 Å². The van der Waals surface area contributed by atoms with Crippen LogP contribution in [0.25, 0.3) is 6.08 Å². The molecule has 3 rings (SSSR count). The van der Waals surface area contributed by atoms with Crippen molar-refractivity contribution in [3.05, 3.63) is 77.7 Å². The second-order valence-electron chi connectivity index (χ2n) is 5.44. The summed E-state index contributed by atoms with van der Waals surface area (Å²) in [5.74, 6) is -0.321. The van der Waals surface area contributed by atoms with Crippen molar-refractivity contribution in [1.82, 2.24) is 8.61 Å². The van der Waals surface area contributed by atoms with Crippen LogP contribution in [0.4, 0.5) is 10.1 Å². The van der Waals surface area contributed by atoms with Gasteiger partial charge in [0.15, 0.2) is 0 Å². The molecule has 1 fully saturated rings. The normalized spacial score (nSPS) is 14.1. The predicted octanol–water partition coefficient (Wildman–Crippen LogP) is 6.64. The molecule has 1 aliphatic rings. The number of benzene rings is 2. The summed E-state index contributed by atoms with van der Waals surface area (Å²) in [6, 6.07) is 11.4. The Morgan fingerprint density at radius 2 is 1.66 bits per heavy atom. The molecule has 0 bridgehead atoms. The van der Waals surface area contributed by atoms with Crippen molar-refractivity contribution in [2.45, 2.75) is 0 Å². The van der Waals surface area contributed by atoms with Gasteiger partial charge in [0.25, 0.3) is 0 Å². The van der Waals surface area contributed by atoms with Crippen molar-refractivity contribution in [2.24, 2.45) is 4.99 Å². The van der Waals surface area contributed by atoms with Crippen LogP contribution < -0.4 is 0 Å². The molecule has 0 radical (unpaired) electrons. The number of aliphatic imine (C=N–C) groups is 1. The van der Waals surface area contributed by atoms with E-state index in [1.54, 1.807) is 60.4 Å². The molecule has 0 spiro atoms. The number of rotatable bonds is 5. The second-order valence-corrected chi connectivity index (χ2v) is 7.54. The molecule has 0 saturated carbocycles. The van der Waals surface area contributed by atoms with Crippen LogP contribution in [-0.4, -0.2) is 40.4 Å². The van der Waals surface area contributed by atoms with Gasteiger partial charge in [0.2, 0.25) is 0 Å². The van der Waals surface area contributed by atoms with E-state index in [0.29, 0.717) is 10.6 Å². The number of nitrogens with zero attached hydrogens (tertiary/aromatic N) is 3. The van der Waals surface area contributed by atoms with E-state index in [2.05, 4.69) is 42.5 Å². The van der Waals surface area contributed by atoms with E-state index >= 15 is 0 Å². The van der Waals surface area contributed by atoms with Gasteiger partial charge in [0, 0.05) is 11.2 Å². The van der Waals surface area contributed by atoms with Gasteiger partial charge in [0.05, 0.1) is 5.69 Å². The van der Waals surface area contributed by atoms with Gasteiger partial charge >= 0.3 is 27.0 Å². The van der Waals surface area contributed by atoms with E-state index in [1.165, 1.54) is 18.2 Å². The fraction of sp³-hybridized carbons (Fsp3) is 0.200. The Labute approximate surface area is 200 Å². The quantitative estimate of drug-likeness (QED) is 0.177. The van der Waals surface area contributed by atoms with E-state index in [9.17, 15) is 4.39 Å². The molecule has 0 N–H and O–H groups in total. The van der Waals surface area contributed by atoms with Crippen molar-refractivity contribution >= 4 is 63.2 Å². The molecular weight excluding hydrogens is 537 g/mol. The zero-order chi connectivity index (χ0) is 21.6. The van der Waals surface area contributed by atoms with Gasteiger partial charge in [-0.05, 0) is 62.0 Å². The first-order chi connectivity index (χ1) is 14.0. The van der Waals surface area contributed by atoms with Gasteiger partial charge in [-0.3, -0.25) is 11.6 Å². The molecular formula is C20H21Cl2FN3RuS2. The summed E-state index contributed by atoms with van der Waals surface area (Å²) in [5.41, 5.74) is 2.10. The van der Waals surface area contributed by atoms with Crippen LogP contribution in [0.1, 0.15) is 11.1 Å². The molecule has 3 nitrogen and oxygen atoms in total. The van der Waals surface area contributed by atoms with Gasteiger partial charge < -0.3 is 8.61 Å². The molecule has 0 atom stereocenters. The SMILES string of the molecule is CSN1[CH-]N(SC)CC1.[CH-]=Cc1ccc(F)cc1C=Nc1ccc(Cl)cc1.[Cl][Ru+2]. The predicted molar refractivity (Wildman–Crippen MR) is 124 cm³/mol. The summed E-state index contributed by atoms with van der Waals surface area (Å²) in [7, 11) is 4.57. The van der Waals surface area contributed by atoms with Crippen LogP contribution in [0, 0.1) is 19.1 Å². The van der Waals surface area contributed by atoms with Crippen LogP contribution in [0.3, 0.4) is 0 Å². The molecule has 0 aromatic heterocycles. The molecule has 2 aromatic rings. The van der Waals surface area contributed by atoms with E-state index in [0.717, 1.165) is 24.3 Å². The summed E-state index contributed by atoms with van der Waals surface area (Å²) in [4.78, 5) is 4.24. The molecule has 9 heteroatoms. The first-order valence-electron chi connectivity index (χ1n) is 8.29. The Kier molecular flexibility index (Phi) is 14.2. The van der Waals surface area contributed by atoms with Gasteiger partial charge in [-0.15, -0.1) is 30.0 Å². The third-order valence-corrected chi connectivity index (χ3v) is 5.42. The molecule has 1 aliphatic heterocycles. The van der Waals surface area contributed by atoms with Crippen LogP contribution in [0.5, 0.6) is 0 Å². The molecule has 1 heterocycles. The first-order valence-corrected chi connectivity index (χ1v) is 13.3. The van der Waals surface area contributed by atoms with E-state index in [-0.39, 0.29) is 5.82 Å². The van der Waals surface area contributed by atoms with Crippen molar-refractivity contribution < 1.29 is 21.7 Å². The van der Waals surface area contributed by atoms with Crippen molar-refractivity contribution in [2.75, 3.05) is 25.6 Å². The minimum atomic E-state index is -0.321. The maximum atomic E-state index is 13.1. The summed E-state index contributed by atoms with van der Waals surface area (Å²) >= 11 is 11.1. The number of hydrogen-bond donors (Lipinski definition) is 0. The third kappa shape index (κ3) is 9.97. The van der Waals surface area contributed by atoms with Crippen molar-refractivity contribution in [3.63, 3.8) is 0 Å². The summed E-state index contributed by atoms with van der Waals surface area (Å²) in [6.45, 7) is 9.92. The first kappa shape index (κ1) is 26.6. The van der Waals surface area contributed by atoms with Crippen molar-refractivity contribution in [3.8, 4) is 0 Å². The molecule has 157 valence electrons. The van der Waals surface area contributed by atoms with Crippen LogP contribution >= 0.6 is 45.2 Å². The fourth-order valence-corrected chi connectivity index (χ4v) is 3.34. The molecule has 29 heavy (non-hydrogen) atoms. The van der Waals surface area contributed by atoms with E-state index < -0.39 is 0 Å². The molecule has 0 amide bonds. The summed E-state index contributed by atoms with van der Waals surface area (Å²) in [6.07, 6.45) is 7.19. The zero-order valence-corrected chi connectivity index (χ0v) is 20.8. The molecule has 0 unspecified atom stereocenters. The van der Waals surface area contributed by atoms with Gasteiger partial charge in [-0.25, -0.2) is 10.5 Å². The molecule has 1 saturated heterocycles. The average molecular weight is 559 g/mol. The molecule has 2 aromatic carbocycles. The molecule has 0 aliphatic carbocycles. The standard InChI is InChI=1S/C15H10ClFN.C5H11N2S2.ClH.Ru/c1-2-11-3-6-14(17)9-12(11)10-18-15-7-4-13(16)5-8-15;1-8-6-3-4-7(5-6)9-2;;/h1-10H;5H,3-4H2,1-2H3;1H;/q2*-1;;+3/p-1. The fourth-order valence-electron chi connectivity index (χ4n) is 2.21. The van der Waals surface area contributed by atoms with Crippen molar-refractivity contribution in [1.29, 1.82) is 0 Å². The van der Waals surface area contributed by atoms with E-state index in [1.807, 2.05) is 17.3 Å². The monoisotopic (exact) mass is 558 g/mol. The maximum absolute atomic E-state index is 13.1. The Morgan fingerprint density at radius 3 is 2.14 bits per heavy atom. The number of halogens is 3. The Morgan fingerprint density at radius 1 is 1.07 bits per heavy atom. The Hall–Kier alpha value is -0.397. The number of hydrogen-bond acceptors (Lipinski definition) is 5. The Bertz CT molecular complexity index is 769. The minimum absolute atomic E-state index is 0.321. The summed E-state index contributed by atoms with van der Waals surface area (Å²) < 4.78 is 17.6. The van der Waals surface area contributed by atoms with Crippen LogP contribution in [-0.2, 0) is 17.3 Å². The average Bonchev–Trinajstić information content (AvgIpc) is 3.24. The topological polar surface area (TPSA) is 18.8 Å². The summed E-state index contributed by atoms with van der Waals surface area (Å²) in [5, 5.41) is 0.649. The third-order valence-electron chi connectivity index (χ3n) is 3.68. The zero-order valence-electron chi connectivity index (χ0n) is 15.9. The van der Waals surface area contributed by atoms with Gasteiger partial charge in [0.1, 0.15) is 5.82 Å². The van der Waals surface area contributed by atoms with Gasteiger partial charge in [-0.1, -0.05) is 17.2 Å². The Balaban J connectivity index is 0.000000321. The van der Waals surface area contributed by atoms with Gasteiger partial charge in [-0.2, -0.15) is 12.2 Å². The van der Waals surface area contributed by atoms with E-state index in [4.69, 9.17) is 18.2 Å².